The maximum absolute atomic E-state index is 14.1. The average molecular weight is 659 g/mol. The molecule has 3 aromatic rings. The second-order valence-electron chi connectivity index (χ2n) is 9.97. The number of nitrogens with zero attached hydrogens (tertiary/aromatic N) is 2. The number of rotatable bonds is 12. The van der Waals surface area contributed by atoms with E-state index in [0.29, 0.717) is 22.2 Å². The highest BCUT2D eigenvalue weighted by atomic mass is 35.5. The van der Waals surface area contributed by atoms with Crippen molar-refractivity contribution in [3.8, 4) is 0 Å². The normalized spacial score (nSPS) is 12.2. The van der Waals surface area contributed by atoms with E-state index < -0.39 is 28.5 Å². The predicted molar refractivity (Wildman–Crippen MR) is 167 cm³/mol. The zero-order valence-corrected chi connectivity index (χ0v) is 26.6. The lowest BCUT2D eigenvalue weighted by atomic mass is 10.0. The Balaban J connectivity index is 2.08. The van der Waals surface area contributed by atoms with E-state index in [0.717, 1.165) is 16.1 Å². The van der Waals surface area contributed by atoms with E-state index in [2.05, 4.69) is 5.32 Å². The molecule has 0 saturated carbocycles. The SMILES string of the molecule is CC(C)CNC(=O)C(Cc1ccccc1)N(Cc1ccc(Cl)cc1Cl)C(=O)CN(c1ccc(Cl)c(Cl)c1)S(C)(=O)=O. The van der Waals surface area contributed by atoms with E-state index >= 15 is 0 Å². The molecule has 0 saturated heterocycles. The quantitative estimate of drug-likeness (QED) is 0.241. The van der Waals surface area contributed by atoms with Crippen molar-refractivity contribution in [2.24, 2.45) is 5.92 Å². The Hall–Kier alpha value is -2.49. The number of hydrogen-bond donors (Lipinski definition) is 1. The van der Waals surface area contributed by atoms with Gasteiger partial charge in [0.15, 0.2) is 0 Å². The molecular formula is C29H31Cl4N3O4S. The zero-order valence-electron chi connectivity index (χ0n) is 22.8. The van der Waals surface area contributed by atoms with Gasteiger partial charge < -0.3 is 10.2 Å². The fraction of sp³-hybridized carbons (Fsp3) is 0.310. The van der Waals surface area contributed by atoms with E-state index in [1.165, 1.54) is 23.1 Å². The maximum atomic E-state index is 14.1. The molecule has 0 aliphatic heterocycles. The number of sulfonamides is 1. The van der Waals surface area contributed by atoms with Gasteiger partial charge in [0, 0.05) is 29.6 Å². The van der Waals surface area contributed by atoms with E-state index in [1.807, 2.05) is 44.2 Å². The molecule has 0 fully saturated rings. The van der Waals surface area contributed by atoms with Crippen LogP contribution in [0.25, 0.3) is 0 Å². The summed E-state index contributed by atoms with van der Waals surface area (Å²) in [7, 11) is -3.95. The fourth-order valence-electron chi connectivity index (χ4n) is 4.06. The van der Waals surface area contributed by atoms with Gasteiger partial charge in [0.2, 0.25) is 21.8 Å². The summed E-state index contributed by atoms with van der Waals surface area (Å²) in [5.74, 6) is -0.823. The monoisotopic (exact) mass is 657 g/mol. The number of halogens is 4. The number of anilines is 1. The summed E-state index contributed by atoms with van der Waals surface area (Å²) in [6.45, 7) is 3.66. The Morgan fingerprint density at radius 1 is 0.878 bits per heavy atom. The highest BCUT2D eigenvalue weighted by Gasteiger charge is 2.33. The summed E-state index contributed by atoms with van der Waals surface area (Å²) >= 11 is 24.8. The third-order valence-corrected chi connectivity index (χ3v) is 8.65. The Bertz CT molecular complexity index is 1490. The van der Waals surface area contributed by atoms with Crippen molar-refractivity contribution in [1.82, 2.24) is 10.2 Å². The first-order chi connectivity index (χ1) is 19.3. The summed E-state index contributed by atoms with van der Waals surface area (Å²) in [4.78, 5) is 29.1. The Kier molecular flexibility index (Phi) is 11.8. The highest BCUT2D eigenvalue weighted by Crippen LogP contribution is 2.29. The van der Waals surface area contributed by atoms with Crippen LogP contribution in [-0.4, -0.2) is 50.5 Å². The molecule has 0 aliphatic carbocycles. The first-order valence-corrected chi connectivity index (χ1v) is 16.1. The molecule has 0 spiro atoms. The van der Waals surface area contributed by atoms with Crippen molar-refractivity contribution >= 4 is 73.9 Å². The maximum Gasteiger partial charge on any atom is 0.244 e. The van der Waals surface area contributed by atoms with Gasteiger partial charge in [-0.15, -0.1) is 0 Å². The average Bonchev–Trinajstić information content (AvgIpc) is 2.90. The minimum atomic E-state index is -3.95. The number of carbonyl (C=O) groups excluding carboxylic acids is 2. The van der Waals surface area contributed by atoms with Crippen LogP contribution in [0.5, 0.6) is 0 Å². The topological polar surface area (TPSA) is 86.8 Å². The van der Waals surface area contributed by atoms with E-state index in [4.69, 9.17) is 46.4 Å². The molecule has 1 atom stereocenters. The van der Waals surface area contributed by atoms with Gasteiger partial charge >= 0.3 is 0 Å². The number of benzene rings is 3. The molecule has 41 heavy (non-hydrogen) atoms. The Labute approximate surface area is 261 Å². The summed E-state index contributed by atoms with van der Waals surface area (Å²) in [6.07, 6.45) is 1.17. The van der Waals surface area contributed by atoms with Crippen LogP contribution in [0.1, 0.15) is 25.0 Å². The summed E-state index contributed by atoms with van der Waals surface area (Å²) in [5, 5.41) is 4.01. The van der Waals surface area contributed by atoms with Crippen LogP contribution >= 0.6 is 46.4 Å². The van der Waals surface area contributed by atoms with Gasteiger partial charge in [-0.1, -0.05) is 96.6 Å². The van der Waals surface area contributed by atoms with Gasteiger partial charge in [-0.25, -0.2) is 8.42 Å². The predicted octanol–water partition coefficient (Wildman–Crippen LogP) is 6.48. The van der Waals surface area contributed by atoms with Gasteiger partial charge in [-0.05, 0) is 47.4 Å². The number of carbonyl (C=O) groups is 2. The van der Waals surface area contributed by atoms with Crippen LogP contribution in [0, 0.1) is 5.92 Å². The molecule has 3 rings (SSSR count). The summed E-state index contributed by atoms with van der Waals surface area (Å²) in [5.41, 5.74) is 1.52. The number of hydrogen-bond acceptors (Lipinski definition) is 4. The largest absolute Gasteiger partial charge is 0.354 e. The molecule has 1 N–H and O–H groups in total. The van der Waals surface area contributed by atoms with Gasteiger partial charge in [0.25, 0.3) is 0 Å². The molecule has 0 aliphatic rings. The lowest BCUT2D eigenvalue weighted by Gasteiger charge is -2.34. The van der Waals surface area contributed by atoms with Crippen molar-refractivity contribution in [1.29, 1.82) is 0 Å². The van der Waals surface area contributed by atoms with E-state index in [-0.39, 0.29) is 40.5 Å². The molecule has 0 bridgehead atoms. The minimum absolute atomic E-state index is 0.0690. The van der Waals surface area contributed by atoms with Crippen LogP contribution < -0.4 is 9.62 Å². The molecule has 0 radical (unpaired) electrons. The minimum Gasteiger partial charge on any atom is -0.354 e. The summed E-state index contributed by atoms with van der Waals surface area (Å²) < 4.78 is 26.7. The molecule has 7 nitrogen and oxygen atoms in total. The first-order valence-electron chi connectivity index (χ1n) is 12.7. The van der Waals surface area contributed by atoms with Crippen LogP contribution in [0.2, 0.25) is 20.1 Å². The molecule has 12 heteroatoms. The second kappa shape index (κ2) is 14.6. The van der Waals surface area contributed by atoms with Crippen LogP contribution in [0.15, 0.2) is 66.7 Å². The van der Waals surface area contributed by atoms with E-state index in [9.17, 15) is 18.0 Å². The standard InChI is InChI=1S/C29H31Cl4N3O4S/c1-19(2)16-34-29(38)27(13-20-7-5-4-6-8-20)35(17-21-9-10-22(30)14-25(21)32)28(37)18-36(41(3,39)40)23-11-12-24(31)26(33)15-23/h4-12,14-15,19,27H,13,16-18H2,1-3H3,(H,34,38). The van der Waals surface area contributed by atoms with Gasteiger partial charge in [-0.2, -0.15) is 0 Å². The second-order valence-corrected chi connectivity index (χ2v) is 13.5. The molecule has 3 aromatic carbocycles. The highest BCUT2D eigenvalue weighted by molar-refractivity contribution is 7.92. The van der Waals surface area contributed by atoms with Crippen molar-refractivity contribution < 1.29 is 18.0 Å². The molecule has 2 amide bonds. The molecule has 0 aromatic heterocycles. The van der Waals surface area contributed by atoms with Crippen LogP contribution in [0.4, 0.5) is 5.69 Å². The zero-order chi connectivity index (χ0) is 30.3. The van der Waals surface area contributed by atoms with Crippen molar-refractivity contribution in [3.05, 3.63) is 97.9 Å². The van der Waals surface area contributed by atoms with Crippen LogP contribution in [0.3, 0.4) is 0 Å². The molecular weight excluding hydrogens is 628 g/mol. The van der Waals surface area contributed by atoms with Gasteiger partial charge in [0.1, 0.15) is 12.6 Å². The summed E-state index contributed by atoms with van der Waals surface area (Å²) in [6, 6.07) is 17.4. The Morgan fingerprint density at radius 3 is 2.15 bits per heavy atom. The lowest BCUT2D eigenvalue weighted by molar-refractivity contribution is -0.140. The van der Waals surface area contributed by atoms with Crippen LogP contribution in [-0.2, 0) is 32.6 Å². The number of nitrogens with one attached hydrogen (secondary N) is 1. The van der Waals surface area contributed by atoms with Crippen molar-refractivity contribution in [3.63, 3.8) is 0 Å². The third kappa shape index (κ3) is 9.51. The molecule has 220 valence electrons. The van der Waals surface area contributed by atoms with Gasteiger partial charge in [0.05, 0.1) is 22.0 Å². The van der Waals surface area contributed by atoms with Crippen molar-refractivity contribution in [2.45, 2.75) is 32.9 Å². The molecule has 0 heterocycles. The van der Waals surface area contributed by atoms with Gasteiger partial charge in [-0.3, -0.25) is 13.9 Å². The first kappa shape index (κ1) is 33.0. The van der Waals surface area contributed by atoms with Crippen molar-refractivity contribution in [2.75, 3.05) is 23.7 Å². The smallest absolute Gasteiger partial charge is 0.244 e. The van der Waals surface area contributed by atoms with E-state index in [1.54, 1.807) is 18.2 Å². The fourth-order valence-corrected chi connectivity index (χ4v) is 5.67. The molecule has 1 unspecified atom stereocenters. The number of amides is 2. The third-order valence-electron chi connectivity index (χ3n) is 6.18. The lowest BCUT2D eigenvalue weighted by Crippen LogP contribution is -2.53. The Morgan fingerprint density at radius 2 is 1.56 bits per heavy atom.